The Morgan fingerprint density at radius 3 is 2.86 bits per heavy atom. The van der Waals surface area contributed by atoms with Gasteiger partial charge in [-0.3, -0.25) is 0 Å². The fourth-order valence-electron chi connectivity index (χ4n) is 1.92. The zero-order valence-corrected chi connectivity index (χ0v) is 8.36. The summed E-state index contributed by atoms with van der Waals surface area (Å²) >= 11 is 0. The van der Waals surface area contributed by atoms with Crippen LogP contribution in [0.25, 0.3) is 0 Å². The maximum absolute atomic E-state index is 5.23. The van der Waals surface area contributed by atoms with Crippen molar-refractivity contribution in [2.75, 3.05) is 13.1 Å². The molecule has 1 saturated heterocycles. The van der Waals surface area contributed by atoms with Gasteiger partial charge in [0.05, 0.1) is 0 Å². The van der Waals surface area contributed by atoms with E-state index in [9.17, 15) is 0 Å². The third kappa shape index (κ3) is 1.43. The molecule has 1 aromatic heterocycles. The Kier molecular flexibility index (Phi) is 1.83. The standard InChI is InChI=1S/C10H15N3O/c1-6-2-8(6)10-12-9(14-13-10)3-7-4-11-5-7/h6-8,11H,2-5H2,1H3. The van der Waals surface area contributed by atoms with Gasteiger partial charge < -0.3 is 9.84 Å². The highest BCUT2D eigenvalue weighted by atomic mass is 16.5. The summed E-state index contributed by atoms with van der Waals surface area (Å²) in [6.07, 6.45) is 2.17. The van der Waals surface area contributed by atoms with Gasteiger partial charge in [0.1, 0.15) is 0 Å². The molecule has 2 atom stereocenters. The molecule has 0 aromatic carbocycles. The number of nitrogens with zero attached hydrogens (tertiary/aromatic N) is 2. The Balaban J connectivity index is 1.64. The molecule has 0 radical (unpaired) electrons. The summed E-state index contributed by atoms with van der Waals surface area (Å²) in [5.74, 6) is 3.79. The monoisotopic (exact) mass is 193 g/mol. The van der Waals surface area contributed by atoms with Crippen LogP contribution in [0.3, 0.4) is 0 Å². The zero-order chi connectivity index (χ0) is 9.54. The van der Waals surface area contributed by atoms with Gasteiger partial charge in [0, 0.05) is 12.3 Å². The molecule has 76 valence electrons. The highest BCUT2D eigenvalue weighted by Gasteiger charge is 2.38. The Bertz CT molecular complexity index is 332. The lowest BCUT2D eigenvalue weighted by molar-refractivity contribution is 0.295. The molecule has 2 unspecified atom stereocenters. The van der Waals surface area contributed by atoms with E-state index >= 15 is 0 Å². The minimum Gasteiger partial charge on any atom is -0.339 e. The second kappa shape index (κ2) is 3.05. The highest BCUT2D eigenvalue weighted by molar-refractivity contribution is 5.07. The number of hydrogen-bond acceptors (Lipinski definition) is 4. The van der Waals surface area contributed by atoms with Crippen molar-refractivity contribution in [2.24, 2.45) is 11.8 Å². The first kappa shape index (κ1) is 8.41. The van der Waals surface area contributed by atoms with Gasteiger partial charge in [-0.2, -0.15) is 4.98 Å². The maximum Gasteiger partial charge on any atom is 0.227 e. The van der Waals surface area contributed by atoms with E-state index in [-0.39, 0.29) is 0 Å². The minimum atomic E-state index is 0.576. The molecule has 1 saturated carbocycles. The van der Waals surface area contributed by atoms with E-state index < -0.39 is 0 Å². The summed E-state index contributed by atoms with van der Waals surface area (Å²) in [5.41, 5.74) is 0. The van der Waals surface area contributed by atoms with Crippen LogP contribution in [0.1, 0.15) is 31.0 Å². The van der Waals surface area contributed by atoms with Gasteiger partial charge >= 0.3 is 0 Å². The maximum atomic E-state index is 5.23. The summed E-state index contributed by atoms with van der Waals surface area (Å²) in [6, 6.07) is 0. The van der Waals surface area contributed by atoms with Crippen molar-refractivity contribution >= 4 is 0 Å². The predicted molar refractivity (Wildman–Crippen MR) is 50.9 cm³/mol. The van der Waals surface area contributed by atoms with Crippen molar-refractivity contribution in [1.29, 1.82) is 0 Å². The van der Waals surface area contributed by atoms with Crippen LogP contribution in [0.2, 0.25) is 0 Å². The molecule has 1 N–H and O–H groups in total. The summed E-state index contributed by atoms with van der Waals surface area (Å²) in [7, 11) is 0. The van der Waals surface area contributed by atoms with E-state index in [4.69, 9.17) is 4.52 Å². The summed E-state index contributed by atoms with van der Waals surface area (Å²) in [4.78, 5) is 4.44. The lowest BCUT2D eigenvalue weighted by atomic mass is 10.00. The van der Waals surface area contributed by atoms with E-state index in [0.717, 1.165) is 37.1 Å². The number of hydrogen-bond donors (Lipinski definition) is 1. The lowest BCUT2D eigenvalue weighted by Crippen LogP contribution is -2.43. The molecule has 14 heavy (non-hydrogen) atoms. The molecule has 4 heteroatoms. The van der Waals surface area contributed by atoms with Crippen molar-refractivity contribution in [3.8, 4) is 0 Å². The molecule has 1 aliphatic carbocycles. The van der Waals surface area contributed by atoms with E-state index in [1.807, 2.05) is 0 Å². The average Bonchev–Trinajstić information content (AvgIpc) is 2.65. The molecule has 2 aliphatic rings. The lowest BCUT2D eigenvalue weighted by Gasteiger charge is -2.25. The number of nitrogens with one attached hydrogen (secondary N) is 1. The molecule has 2 heterocycles. The second-order valence-corrected chi connectivity index (χ2v) is 4.59. The van der Waals surface area contributed by atoms with Crippen LogP contribution in [0.5, 0.6) is 0 Å². The Morgan fingerprint density at radius 1 is 1.50 bits per heavy atom. The van der Waals surface area contributed by atoms with Crippen molar-refractivity contribution in [2.45, 2.75) is 25.7 Å². The summed E-state index contributed by atoms with van der Waals surface area (Å²) in [5, 5.41) is 7.27. The van der Waals surface area contributed by atoms with E-state index in [1.54, 1.807) is 0 Å². The van der Waals surface area contributed by atoms with Crippen molar-refractivity contribution in [3.63, 3.8) is 0 Å². The first-order valence-electron chi connectivity index (χ1n) is 5.36. The van der Waals surface area contributed by atoms with Crippen LogP contribution in [0.15, 0.2) is 4.52 Å². The van der Waals surface area contributed by atoms with Crippen molar-refractivity contribution < 1.29 is 4.52 Å². The summed E-state index contributed by atoms with van der Waals surface area (Å²) < 4.78 is 5.23. The SMILES string of the molecule is CC1CC1c1noc(CC2CNC2)n1. The van der Waals surface area contributed by atoms with Gasteiger partial charge in [-0.15, -0.1) is 0 Å². The molecular weight excluding hydrogens is 178 g/mol. The summed E-state index contributed by atoms with van der Waals surface area (Å²) in [6.45, 7) is 4.42. The van der Waals surface area contributed by atoms with Gasteiger partial charge in [-0.25, -0.2) is 0 Å². The fraction of sp³-hybridized carbons (Fsp3) is 0.800. The predicted octanol–water partition coefficient (Wildman–Crippen LogP) is 0.955. The molecule has 1 aliphatic heterocycles. The Labute approximate surface area is 83.1 Å². The molecule has 0 spiro atoms. The van der Waals surface area contributed by atoms with Crippen molar-refractivity contribution in [3.05, 3.63) is 11.7 Å². The van der Waals surface area contributed by atoms with Gasteiger partial charge in [-0.05, 0) is 31.3 Å². The van der Waals surface area contributed by atoms with Gasteiger partial charge in [0.25, 0.3) is 0 Å². The minimum absolute atomic E-state index is 0.576. The van der Waals surface area contributed by atoms with Crippen LogP contribution in [0, 0.1) is 11.8 Å². The molecule has 1 aromatic rings. The molecule has 3 rings (SSSR count). The molecule has 2 fully saturated rings. The topological polar surface area (TPSA) is 51.0 Å². The Morgan fingerprint density at radius 2 is 2.29 bits per heavy atom. The molecule has 0 amide bonds. The van der Waals surface area contributed by atoms with E-state index in [2.05, 4.69) is 22.4 Å². The highest BCUT2D eigenvalue weighted by Crippen LogP contribution is 2.45. The smallest absolute Gasteiger partial charge is 0.227 e. The van der Waals surface area contributed by atoms with E-state index in [0.29, 0.717) is 11.8 Å². The van der Waals surface area contributed by atoms with Crippen LogP contribution >= 0.6 is 0 Å². The Hall–Kier alpha value is -0.900. The third-order valence-corrected chi connectivity index (χ3v) is 3.25. The largest absolute Gasteiger partial charge is 0.339 e. The molecule has 0 bridgehead atoms. The van der Waals surface area contributed by atoms with Crippen LogP contribution < -0.4 is 5.32 Å². The van der Waals surface area contributed by atoms with Crippen LogP contribution in [-0.4, -0.2) is 23.2 Å². The zero-order valence-electron chi connectivity index (χ0n) is 8.36. The normalized spacial score (nSPS) is 31.5. The van der Waals surface area contributed by atoms with Gasteiger partial charge in [0.15, 0.2) is 5.82 Å². The van der Waals surface area contributed by atoms with E-state index in [1.165, 1.54) is 6.42 Å². The average molecular weight is 193 g/mol. The fourth-order valence-corrected chi connectivity index (χ4v) is 1.92. The number of rotatable bonds is 3. The first-order chi connectivity index (χ1) is 6.83. The van der Waals surface area contributed by atoms with Gasteiger partial charge in [-0.1, -0.05) is 12.1 Å². The molecule has 4 nitrogen and oxygen atoms in total. The van der Waals surface area contributed by atoms with Crippen LogP contribution in [0.4, 0.5) is 0 Å². The second-order valence-electron chi connectivity index (χ2n) is 4.59. The molecular formula is C10H15N3O. The van der Waals surface area contributed by atoms with Gasteiger partial charge in [0.2, 0.25) is 5.89 Å². The van der Waals surface area contributed by atoms with Crippen LogP contribution in [-0.2, 0) is 6.42 Å². The van der Waals surface area contributed by atoms with Crippen molar-refractivity contribution in [1.82, 2.24) is 15.5 Å². The third-order valence-electron chi connectivity index (χ3n) is 3.25. The quantitative estimate of drug-likeness (QED) is 0.776. The number of aromatic nitrogens is 2. The first-order valence-corrected chi connectivity index (χ1v) is 5.36.